The van der Waals surface area contributed by atoms with Crippen LogP contribution in [0.1, 0.15) is 55.3 Å². The molecular formula is C16H21BrN2OS. The third-order valence-corrected chi connectivity index (χ3v) is 5.23. The van der Waals surface area contributed by atoms with Gasteiger partial charge < -0.3 is 11.1 Å². The van der Waals surface area contributed by atoms with E-state index in [0.29, 0.717) is 10.6 Å². The SMILES string of the molecule is NC(=S)C1(NC(=O)c2ccccc2Br)CCCCCCC1. The highest BCUT2D eigenvalue weighted by molar-refractivity contribution is 9.10. The molecule has 114 valence electrons. The maximum atomic E-state index is 12.6. The molecule has 1 aliphatic rings. The fourth-order valence-corrected chi connectivity index (χ4v) is 3.59. The van der Waals surface area contributed by atoms with Crippen molar-refractivity contribution in [2.75, 3.05) is 0 Å². The Balaban J connectivity index is 2.21. The highest BCUT2D eigenvalue weighted by atomic mass is 79.9. The van der Waals surface area contributed by atoms with Gasteiger partial charge in [-0.05, 0) is 40.9 Å². The van der Waals surface area contributed by atoms with Gasteiger partial charge >= 0.3 is 0 Å². The van der Waals surface area contributed by atoms with Crippen LogP contribution in [0.5, 0.6) is 0 Å². The van der Waals surface area contributed by atoms with Crippen LogP contribution in [0.2, 0.25) is 0 Å². The zero-order valence-corrected chi connectivity index (χ0v) is 14.4. The predicted octanol–water partition coefficient (Wildman–Crippen LogP) is 3.95. The van der Waals surface area contributed by atoms with Gasteiger partial charge in [-0.2, -0.15) is 0 Å². The third-order valence-electron chi connectivity index (χ3n) is 4.15. The van der Waals surface area contributed by atoms with E-state index in [4.69, 9.17) is 18.0 Å². The molecule has 1 aromatic carbocycles. The zero-order valence-electron chi connectivity index (χ0n) is 12.0. The lowest BCUT2D eigenvalue weighted by atomic mass is 9.83. The van der Waals surface area contributed by atoms with E-state index in [2.05, 4.69) is 21.2 Å². The molecule has 21 heavy (non-hydrogen) atoms. The number of benzene rings is 1. The summed E-state index contributed by atoms with van der Waals surface area (Å²) in [7, 11) is 0. The maximum Gasteiger partial charge on any atom is 0.253 e. The third kappa shape index (κ3) is 4.04. The van der Waals surface area contributed by atoms with Crippen molar-refractivity contribution < 1.29 is 4.79 Å². The van der Waals surface area contributed by atoms with Gasteiger partial charge in [-0.3, -0.25) is 4.79 Å². The summed E-state index contributed by atoms with van der Waals surface area (Å²) in [4.78, 5) is 13.0. The topological polar surface area (TPSA) is 55.1 Å². The van der Waals surface area contributed by atoms with Gasteiger partial charge in [-0.15, -0.1) is 0 Å². The summed E-state index contributed by atoms with van der Waals surface area (Å²) < 4.78 is 0.784. The molecule has 0 aliphatic heterocycles. The van der Waals surface area contributed by atoms with E-state index in [1.807, 2.05) is 18.2 Å². The molecular weight excluding hydrogens is 348 g/mol. The van der Waals surface area contributed by atoms with E-state index in [1.54, 1.807) is 6.07 Å². The molecule has 0 aromatic heterocycles. The molecule has 2 rings (SSSR count). The monoisotopic (exact) mass is 368 g/mol. The van der Waals surface area contributed by atoms with Gasteiger partial charge in [0.2, 0.25) is 0 Å². The smallest absolute Gasteiger partial charge is 0.253 e. The van der Waals surface area contributed by atoms with Crippen LogP contribution >= 0.6 is 28.1 Å². The molecule has 1 saturated carbocycles. The molecule has 1 amide bonds. The van der Waals surface area contributed by atoms with Crippen LogP contribution in [0, 0.1) is 0 Å². The molecule has 0 unspecified atom stereocenters. The minimum atomic E-state index is -0.540. The van der Waals surface area contributed by atoms with Crippen molar-refractivity contribution in [3.05, 3.63) is 34.3 Å². The summed E-state index contributed by atoms with van der Waals surface area (Å²) in [6.45, 7) is 0. The predicted molar refractivity (Wildman–Crippen MR) is 93.4 cm³/mol. The standard InChI is InChI=1S/C16H21BrN2OS/c17-13-9-5-4-8-12(13)14(20)19-16(15(18)21)10-6-2-1-3-7-11-16/h4-5,8-9H,1-3,6-7,10-11H2,(H2,18,21)(H,19,20). The van der Waals surface area contributed by atoms with E-state index >= 15 is 0 Å². The number of hydrogen-bond donors (Lipinski definition) is 2. The first-order valence-corrected chi connectivity index (χ1v) is 8.62. The van der Waals surface area contributed by atoms with E-state index in [9.17, 15) is 4.79 Å². The van der Waals surface area contributed by atoms with Gasteiger partial charge in [0.05, 0.1) is 16.1 Å². The molecule has 1 fully saturated rings. The molecule has 1 aromatic rings. The second-order valence-corrected chi connectivity index (χ2v) is 6.94. The van der Waals surface area contributed by atoms with Crippen LogP contribution in [0.4, 0.5) is 0 Å². The first-order valence-electron chi connectivity index (χ1n) is 7.42. The quantitative estimate of drug-likeness (QED) is 0.794. The van der Waals surface area contributed by atoms with Crippen molar-refractivity contribution in [1.29, 1.82) is 0 Å². The second kappa shape index (κ2) is 7.36. The molecule has 1 aliphatic carbocycles. The normalized spacial score (nSPS) is 18.3. The highest BCUT2D eigenvalue weighted by Gasteiger charge is 2.35. The Hall–Kier alpha value is -0.940. The molecule has 0 radical (unpaired) electrons. The Morgan fingerprint density at radius 3 is 2.29 bits per heavy atom. The van der Waals surface area contributed by atoms with Crippen LogP contribution in [0.15, 0.2) is 28.7 Å². The number of thiocarbonyl (C=S) groups is 1. The van der Waals surface area contributed by atoms with Crippen molar-refractivity contribution in [2.45, 2.75) is 50.5 Å². The summed E-state index contributed by atoms with van der Waals surface area (Å²) >= 11 is 8.70. The fraction of sp³-hybridized carbons (Fsp3) is 0.500. The van der Waals surface area contributed by atoms with E-state index in [0.717, 1.165) is 30.2 Å². The number of carbonyl (C=O) groups is 1. The Bertz CT molecular complexity index is 525. The van der Waals surface area contributed by atoms with Crippen LogP contribution in [-0.4, -0.2) is 16.4 Å². The first-order chi connectivity index (χ1) is 10.1. The largest absolute Gasteiger partial charge is 0.391 e. The number of amides is 1. The fourth-order valence-electron chi connectivity index (χ4n) is 2.87. The summed E-state index contributed by atoms with van der Waals surface area (Å²) in [5.41, 5.74) is 6.07. The van der Waals surface area contributed by atoms with Crippen LogP contribution in [0.25, 0.3) is 0 Å². The molecule has 5 heteroatoms. The number of halogens is 1. The summed E-state index contributed by atoms with van der Waals surface area (Å²) in [6.07, 6.45) is 7.37. The molecule has 0 spiro atoms. The zero-order chi connectivity index (χ0) is 15.3. The molecule has 0 heterocycles. The average Bonchev–Trinajstić information content (AvgIpc) is 2.42. The molecule has 3 N–H and O–H groups in total. The first kappa shape index (κ1) is 16.4. The van der Waals surface area contributed by atoms with Crippen molar-refractivity contribution in [1.82, 2.24) is 5.32 Å². The van der Waals surface area contributed by atoms with Gasteiger partial charge in [0.25, 0.3) is 5.91 Å². The molecule has 3 nitrogen and oxygen atoms in total. The Labute approximate surface area is 139 Å². The van der Waals surface area contributed by atoms with Crippen molar-refractivity contribution in [3.63, 3.8) is 0 Å². The van der Waals surface area contributed by atoms with E-state index in [-0.39, 0.29) is 5.91 Å². The van der Waals surface area contributed by atoms with Gasteiger partial charge in [-0.25, -0.2) is 0 Å². The average molecular weight is 369 g/mol. The lowest BCUT2D eigenvalue weighted by Crippen LogP contribution is -2.57. The van der Waals surface area contributed by atoms with Gasteiger partial charge in [0.15, 0.2) is 0 Å². The molecule has 0 bridgehead atoms. The van der Waals surface area contributed by atoms with Crippen LogP contribution in [-0.2, 0) is 0 Å². The van der Waals surface area contributed by atoms with Gasteiger partial charge in [-0.1, -0.05) is 56.5 Å². The second-order valence-electron chi connectivity index (χ2n) is 5.65. The molecule has 0 atom stereocenters. The van der Waals surface area contributed by atoms with Gasteiger partial charge in [0, 0.05) is 4.47 Å². The maximum absolute atomic E-state index is 12.6. The van der Waals surface area contributed by atoms with Crippen molar-refractivity contribution in [2.24, 2.45) is 5.73 Å². The summed E-state index contributed by atoms with van der Waals surface area (Å²) in [5.74, 6) is -0.115. The lowest BCUT2D eigenvalue weighted by molar-refractivity contribution is 0.0912. The minimum absolute atomic E-state index is 0.115. The Morgan fingerprint density at radius 2 is 1.71 bits per heavy atom. The van der Waals surface area contributed by atoms with Crippen LogP contribution in [0.3, 0.4) is 0 Å². The number of carbonyl (C=O) groups excluding carboxylic acids is 1. The van der Waals surface area contributed by atoms with Crippen LogP contribution < -0.4 is 11.1 Å². The summed E-state index contributed by atoms with van der Waals surface area (Å²) in [6, 6.07) is 7.40. The Morgan fingerprint density at radius 1 is 1.14 bits per heavy atom. The number of rotatable bonds is 3. The summed E-state index contributed by atoms with van der Waals surface area (Å²) in [5, 5.41) is 3.12. The highest BCUT2D eigenvalue weighted by Crippen LogP contribution is 2.28. The van der Waals surface area contributed by atoms with Gasteiger partial charge in [0.1, 0.15) is 0 Å². The Kier molecular flexibility index (Phi) is 5.76. The van der Waals surface area contributed by atoms with E-state index < -0.39 is 5.54 Å². The number of nitrogens with one attached hydrogen (secondary N) is 1. The molecule has 0 saturated heterocycles. The van der Waals surface area contributed by atoms with Crippen molar-refractivity contribution >= 4 is 39.0 Å². The minimum Gasteiger partial charge on any atom is -0.391 e. The lowest BCUT2D eigenvalue weighted by Gasteiger charge is -2.35. The van der Waals surface area contributed by atoms with Crippen molar-refractivity contribution in [3.8, 4) is 0 Å². The van der Waals surface area contributed by atoms with E-state index in [1.165, 1.54) is 19.3 Å². The number of nitrogens with two attached hydrogens (primary N) is 1. The number of hydrogen-bond acceptors (Lipinski definition) is 2.